The minimum Gasteiger partial charge on any atom is -0.481 e. The first-order valence-electron chi connectivity index (χ1n) is 6.81. The highest BCUT2D eigenvalue weighted by Crippen LogP contribution is 2.32. The zero-order chi connectivity index (χ0) is 15.5. The summed E-state index contributed by atoms with van der Waals surface area (Å²) in [5.41, 5.74) is 0.795. The van der Waals surface area contributed by atoms with Gasteiger partial charge in [-0.25, -0.2) is 0 Å². The lowest BCUT2D eigenvalue weighted by atomic mass is 10.0. The number of benzene rings is 1. The highest BCUT2D eigenvalue weighted by molar-refractivity contribution is 7.99. The van der Waals surface area contributed by atoms with E-state index in [1.165, 1.54) is 11.8 Å². The van der Waals surface area contributed by atoms with Crippen LogP contribution >= 0.6 is 11.8 Å². The van der Waals surface area contributed by atoms with Crippen LogP contribution in [0.1, 0.15) is 27.2 Å². The summed E-state index contributed by atoms with van der Waals surface area (Å²) in [6, 6.07) is 9.83. The third-order valence-corrected chi connectivity index (χ3v) is 4.37. The number of nitrogens with zero attached hydrogens (tertiary/aromatic N) is 3. The zero-order valence-electron chi connectivity index (χ0n) is 12.4. The molecule has 2 aromatic rings. The molecule has 1 aromatic heterocycles. The Balaban J connectivity index is 2.49. The van der Waals surface area contributed by atoms with E-state index < -0.39 is 5.97 Å². The molecule has 0 saturated heterocycles. The first kappa shape index (κ1) is 15.6. The van der Waals surface area contributed by atoms with Gasteiger partial charge in [-0.15, -0.1) is 10.2 Å². The molecule has 0 bridgehead atoms. The number of aliphatic carboxylic acids is 1. The average molecular weight is 305 g/mol. The van der Waals surface area contributed by atoms with Crippen LogP contribution in [0, 0.1) is 0 Å². The number of aromatic nitrogens is 3. The van der Waals surface area contributed by atoms with E-state index in [1.807, 2.05) is 34.9 Å². The molecule has 0 aliphatic rings. The van der Waals surface area contributed by atoms with Gasteiger partial charge in [-0.1, -0.05) is 49.0 Å². The van der Waals surface area contributed by atoms with Gasteiger partial charge < -0.3 is 5.11 Å². The maximum atomic E-state index is 10.8. The molecule has 1 N–H and O–H groups in total. The van der Waals surface area contributed by atoms with Crippen molar-refractivity contribution in [3.05, 3.63) is 30.3 Å². The minimum atomic E-state index is -0.856. The molecule has 6 heteroatoms. The standard InChI is InChI=1S/C15H19N3O2S/c1-4-15(2,3)18-13(11-8-6-5-7-9-11)16-17-14(18)21-10-12(19)20/h5-9H,4,10H2,1-3H3,(H,19,20). The summed E-state index contributed by atoms with van der Waals surface area (Å²) in [6.07, 6.45) is 0.894. The van der Waals surface area contributed by atoms with Crippen LogP contribution in [-0.2, 0) is 10.3 Å². The molecule has 21 heavy (non-hydrogen) atoms. The van der Waals surface area contributed by atoms with Crippen LogP contribution in [-0.4, -0.2) is 31.6 Å². The predicted molar refractivity (Wildman–Crippen MR) is 83.4 cm³/mol. The molecular formula is C15H19N3O2S. The van der Waals surface area contributed by atoms with E-state index >= 15 is 0 Å². The Morgan fingerprint density at radius 1 is 1.29 bits per heavy atom. The van der Waals surface area contributed by atoms with Crippen LogP contribution in [0.4, 0.5) is 0 Å². The van der Waals surface area contributed by atoms with E-state index in [1.54, 1.807) is 0 Å². The summed E-state index contributed by atoms with van der Waals surface area (Å²) < 4.78 is 2.04. The number of thioether (sulfide) groups is 1. The third-order valence-electron chi connectivity index (χ3n) is 3.46. The Morgan fingerprint density at radius 2 is 1.95 bits per heavy atom. The van der Waals surface area contributed by atoms with E-state index in [-0.39, 0.29) is 11.3 Å². The lowest BCUT2D eigenvalue weighted by Crippen LogP contribution is -2.27. The van der Waals surface area contributed by atoms with Gasteiger partial charge in [0.25, 0.3) is 0 Å². The fourth-order valence-corrected chi connectivity index (χ4v) is 2.78. The monoisotopic (exact) mass is 305 g/mol. The zero-order valence-corrected chi connectivity index (χ0v) is 13.2. The molecule has 0 spiro atoms. The Morgan fingerprint density at radius 3 is 2.52 bits per heavy atom. The summed E-state index contributed by atoms with van der Waals surface area (Å²) in [5, 5.41) is 18.0. The first-order chi connectivity index (χ1) is 9.95. The van der Waals surface area contributed by atoms with Crippen LogP contribution in [0.2, 0.25) is 0 Å². The summed E-state index contributed by atoms with van der Waals surface area (Å²) in [5.74, 6) is -0.104. The van der Waals surface area contributed by atoms with Crippen LogP contribution in [0.15, 0.2) is 35.5 Å². The second kappa shape index (κ2) is 6.30. The Labute approximate surface area is 128 Å². The topological polar surface area (TPSA) is 68.0 Å². The molecule has 112 valence electrons. The minimum absolute atomic E-state index is 0.0211. The van der Waals surface area contributed by atoms with Gasteiger partial charge in [0.15, 0.2) is 11.0 Å². The SMILES string of the molecule is CCC(C)(C)n1c(SCC(=O)O)nnc1-c1ccccc1. The summed E-state index contributed by atoms with van der Waals surface area (Å²) in [6.45, 7) is 6.31. The number of rotatable bonds is 6. The van der Waals surface area contributed by atoms with Gasteiger partial charge >= 0.3 is 5.97 Å². The molecular weight excluding hydrogens is 286 g/mol. The molecule has 0 radical (unpaired) electrons. The highest BCUT2D eigenvalue weighted by Gasteiger charge is 2.27. The Bertz CT molecular complexity index is 623. The van der Waals surface area contributed by atoms with Crippen molar-refractivity contribution in [1.82, 2.24) is 14.8 Å². The number of carboxylic acids is 1. The lowest BCUT2D eigenvalue weighted by molar-refractivity contribution is -0.133. The van der Waals surface area contributed by atoms with Crippen LogP contribution in [0.25, 0.3) is 11.4 Å². The second-order valence-corrected chi connectivity index (χ2v) is 6.30. The molecule has 0 unspecified atom stereocenters. The largest absolute Gasteiger partial charge is 0.481 e. The lowest BCUT2D eigenvalue weighted by Gasteiger charge is -2.28. The predicted octanol–water partition coefficient (Wildman–Crippen LogP) is 3.27. The number of carbonyl (C=O) groups is 1. The molecule has 0 fully saturated rings. The van der Waals surface area contributed by atoms with Gasteiger partial charge in [0.2, 0.25) is 0 Å². The van der Waals surface area contributed by atoms with Crippen LogP contribution < -0.4 is 0 Å². The average Bonchev–Trinajstić information content (AvgIpc) is 2.90. The van der Waals surface area contributed by atoms with Crippen LogP contribution in [0.5, 0.6) is 0 Å². The normalized spacial score (nSPS) is 11.6. The molecule has 0 aliphatic heterocycles. The van der Waals surface area contributed by atoms with E-state index in [2.05, 4.69) is 31.0 Å². The van der Waals surface area contributed by atoms with E-state index in [4.69, 9.17) is 5.11 Å². The molecule has 5 nitrogen and oxygen atoms in total. The molecule has 0 saturated carbocycles. The quantitative estimate of drug-likeness (QED) is 0.830. The molecule has 0 aliphatic carbocycles. The fraction of sp³-hybridized carbons (Fsp3) is 0.400. The van der Waals surface area contributed by atoms with Crippen molar-refractivity contribution in [1.29, 1.82) is 0 Å². The van der Waals surface area contributed by atoms with Crippen molar-refractivity contribution in [2.75, 3.05) is 5.75 Å². The van der Waals surface area contributed by atoms with E-state index in [0.29, 0.717) is 5.16 Å². The summed E-state index contributed by atoms with van der Waals surface area (Å²) in [7, 11) is 0. The highest BCUT2D eigenvalue weighted by atomic mass is 32.2. The summed E-state index contributed by atoms with van der Waals surface area (Å²) in [4.78, 5) is 10.8. The van der Waals surface area contributed by atoms with Crippen molar-refractivity contribution < 1.29 is 9.90 Å². The maximum Gasteiger partial charge on any atom is 0.313 e. The molecule has 2 rings (SSSR count). The van der Waals surface area contributed by atoms with Gasteiger partial charge in [-0.3, -0.25) is 9.36 Å². The number of hydrogen-bond acceptors (Lipinski definition) is 4. The number of carboxylic acid groups (broad SMARTS) is 1. The number of hydrogen-bond donors (Lipinski definition) is 1. The van der Waals surface area contributed by atoms with Crippen molar-refractivity contribution in [2.45, 2.75) is 37.9 Å². The van der Waals surface area contributed by atoms with Crippen molar-refractivity contribution >= 4 is 17.7 Å². The second-order valence-electron chi connectivity index (χ2n) is 5.36. The van der Waals surface area contributed by atoms with Gasteiger partial charge in [-0.05, 0) is 20.3 Å². The Kier molecular flexibility index (Phi) is 4.67. The van der Waals surface area contributed by atoms with Gasteiger partial charge in [-0.2, -0.15) is 0 Å². The summed E-state index contributed by atoms with van der Waals surface area (Å²) >= 11 is 1.20. The van der Waals surface area contributed by atoms with Crippen molar-refractivity contribution in [3.63, 3.8) is 0 Å². The van der Waals surface area contributed by atoms with Gasteiger partial charge in [0, 0.05) is 11.1 Å². The molecule has 0 amide bonds. The van der Waals surface area contributed by atoms with E-state index in [9.17, 15) is 4.79 Å². The first-order valence-corrected chi connectivity index (χ1v) is 7.80. The molecule has 1 aromatic carbocycles. The molecule has 1 heterocycles. The smallest absolute Gasteiger partial charge is 0.313 e. The van der Waals surface area contributed by atoms with Crippen molar-refractivity contribution in [3.8, 4) is 11.4 Å². The van der Waals surface area contributed by atoms with Gasteiger partial charge in [0.05, 0.1) is 5.75 Å². The van der Waals surface area contributed by atoms with E-state index in [0.717, 1.165) is 17.8 Å². The van der Waals surface area contributed by atoms with Crippen LogP contribution in [0.3, 0.4) is 0 Å². The van der Waals surface area contributed by atoms with Crippen molar-refractivity contribution in [2.24, 2.45) is 0 Å². The maximum absolute atomic E-state index is 10.8. The molecule has 0 atom stereocenters. The third kappa shape index (κ3) is 3.44. The Hall–Kier alpha value is -1.82. The van der Waals surface area contributed by atoms with Gasteiger partial charge in [0.1, 0.15) is 0 Å². The fourth-order valence-electron chi connectivity index (χ4n) is 1.97.